The number of nitro benzene ring substituents is 1. The van der Waals surface area contributed by atoms with Crippen LogP contribution in [0.4, 0.5) is 5.69 Å². The fourth-order valence-corrected chi connectivity index (χ4v) is 1.33. The van der Waals surface area contributed by atoms with Crippen molar-refractivity contribution in [2.24, 2.45) is 0 Å². The lowest BCUT2D eigenvalue weighted by atomic mass is 10.1. The molecule has 0 saturated heterocycles. The van der Waals surface area contributed by atoms with Crippen LogP contribution in [0.3, 0.4) is 0 Å². The second kappa shape index (κ2) is 4.85. The zero-order valence-electron chi connectivity index (χ0n) is 7.27. The summed E-state index contributed by atoms with van der Waals surface area (Å²) in [6, 6.07) is 6.43. The Labute approximate surface area is 89.2 Å². The third-order valence-electron chi connectivity index (χ3n) is 1.78. The first kappa shape index (κ1) is 10.8. The van der Waals surface area contributed by atoms with E-state index in [2.05, 4.69) is 15.9 Å². The van der Waals surface area contributed by atoms with Gasteiger partial charge in [-0.2, -0.15) is 0 Å². The highest BCUT2D eigenvalue weighted by atomic mass is 79.9. The van der Waals surface area contributed by atoms with E-state index < -0.39 is 4.92 Å². The van der Waals surface area contributed by atoms with Crippen molar-refractivity contribution in [1.29, 1.82) is 0 Å². The molecule has 1 aromatic rings. The normalized spacial score (nSPS) is 9.79. The van der Waals surface area contributed by atoms with Gasteiger partial charge in [0.05, 0.1) is 4.92 Å². The van der Waals surface area contributed by atoms with Crippen molar-refractivity contribution in [3.63, 3.8) is 0 Å². The van der Waals surface area contributed by atoms with E-state index in [9.17, 15) is 14.9 Å². The zero-order chi connectivity index (χ0) is 10.6. The molecule has 14 heavy (non-hydrogen) atoms. The summed E-state index contributed by atoms with van der Waals surface area (Å²) < 4.78 is -0.143. The minimum Gasteiger partial charge on any atom is -0.287 e. The SMILES string of the molecule is O=C(Br)CCc1ccccc1[N+](=O)[O-]. The monoisotopic (exact) mass is 257 g/mol. The van der Waals surface area contributed by atoms with Crippen LogP contribution in [-0.2, 0) is 11.2 Å². The molecule has 0 radical (unpaired) electrons. The topological polar surface area (TPSA) is 60.2 Å². The summed E-state index contributed by atoms with van der Waals surface area (Å²) in [6.45, 7) is 0. The van der Waals surface area contributed by atoms with Crippen LogP contribution in [0.2, 0.25) is 0 Å². The number of hydrogen-bond donors (Lipinski definition) is 0. The van der Waals surface area contributed by atoms with Gasteiger partial charge < -0.3 is 0 Å². The van der Waals surface area contributed by atoms with Gasteiger partial charge in [0, 0.05) is 18.1 Å². The molecule has 1 rings (SSSR count). The molecule has 0 amide bonds. The lowest BCUT2D eigenvalue weighted by Crippen LogP contribution is -1.97. The minimum atomic E-state index is -0.436. The summed E-state index contributed by atoms with van der Waals surface area (Å²) in [7, 11) is 0. The summed E-state index contributed by atoms with van der Waals surface area (Å²) in [5.41, 5.74) is 0.659. The number of carbonyl (C=O) groups excluding carboxylic acids is 1. The van der Waals surface area contributed by atoms with Gasteiger partial charge in [-0.15, -0.1) is 0 Å². The van der Waals surface area contributed by atoms with E-state index in [0.29, 0.717) is 12.0 Å². The average molecular weight is 258 g/mol. The van der Waals surface area contributed by atoms with E-state index in [0.717, 1.165) is 0 Å². The van der Waals surface area contributed by atoms with Crippen LogP contribution in [0.25, 0.3) is 0 Å². The van der Waals surface area contributed by atoms with Gasteiger partial charge in [-0.05, 0) is 22.4 Å². The number of nitrogens with zero attached hydrogens (tertiary/aromatic N) is 1. The quantitative estimate of drug-likeness (QED) is 0.473. The first-order valence-electron chi connectivity index (χ1n) is 4.02. The van der Waals surface area contributed by atoms with Crippen LogP contribution in [0.15, 0.2) is 24.3 Å². The molecule has 0 N–H and O–H groups in total. The second-order valence-corrected chi connectivity index (χ2v) is 3.63. The number of para-hydroxylation sites is 1. The van der Waals surface area contributed by atoms with Crippen molar-refractivity contribution in [2.45, 2.75) is 12.8 Å². The standard InChI is InChI=1S/C9H8BrNO3/c10-9(12)6-5-7-3-1-2-4-8(7)11(13)14/h1-4H,5-6H2. The number of hydrogen-bond acceptors (Lipinski definition) is 3. The molecule has 5 heteroatoms. The Bertz CT molecular complexity index is 365. The minimum absolute atomic E-state index is 0.0706. The fourth-order valence-electron chi connectivity index (χ4n) is 1.13. The molecule has 1 aromatic carbocycles. The zero-order valence-corrected chi connectivity index (χ0v) is 8.86. The number of carbonyl (C=O) groups is 1. The molecule has 0 saturated carbocycles. The Kier molecular flexibility index (Phi) is 3.76. The fraction of sp³-hybridized carbons (Fsp3) is 0.222. The van der Waals surface area contributed by atoms with Crippen molar-refractivity contribution >= 4 is 26.3 Å². The molecule has 0 heterocycles. The van der Waals surface area contributed by atoms with E-state index in [4.69, 9.17) is 0 Å². The van der Waals surface area contributed by atoms with Crippen LogP contribution in [0, 0.1) is 10.1 Å². The molecule has 4 nitrogen and oxygen atoms in total. The highest BCUT2D eigenvalue weighted by Gasteiger charge is 2.12. The van der Waals surface area contributed by atoms with Gasteiger partial charge in [-0.25, -0.2) is 0 Å². The van der Waals surface area contributed by atoms with E-state index in [-0.39, 0.29) is 16.8 Å². The molecule has 0 bridgehead atoms. The maximum atomic E-state index is 10.6. The molecule has 0 atom stereocenters. The first-order valence-corrected chi connectivity index (χ1v) is 4.81. The number of nitro groups is 1. The third-order valence-corrected chi connectivity index (χ3v) is 2.18. The summed E-state index contributed by atoms with van der Waals surface area (Å²) >= 11 is 2.78. The van der Waals surface area contributed by atoms with Crippen molar-refractivity contribution in [1.82, 2.24) is 0 Å². The van der Waals surface area contributed by atoms with E-state index in [1.54, 1.807) is 18.2 Å². The van der Waals surface area contributed by atoms with Gasteiger partial charge in [-0.1, -0.05) is 18.2 Å². The Morgan fingerprint density at radius 1 is 1.43 bits per heavy atom. The Morgan fingerprint density at radius 2 is 2.07 bits per heavy atom. The average Bonchev–Trinajstić information content (AvgIpc) is 2.15. The van der Waals surface area contributed by atoms with E-state index in [1.165, 1.54) is 6.07 Å². The van der Waals surface area contributed by atoms with Gasteiger partial charge >= 0.3 is 0 Å². The van der Waals surface area contributed by atoms with Gasteiger partial charge in [0.1, 0.15) is 0 Å². The predicted molar refractivity (Wildman–Crippen MR) is 55.4 cm³/mol. The molecule has 0 aliphatic rings. The molecule has 0 aliphatic heterocycles. The second-order valence-electron chi connectivity index (χ2n) is 2.74. The summed E-state index contributed by atoms with van der Waals surface area (Å²) in [6.07, 6.45) is 0.659. The predicted octanol–water partition coefficient (Wildman–Crippen LogP) is 2.45. The Balaban J connectivity index is 2.84. The van der Waals surface area contributed by atoms with E-state index in [1.807, 2.05) is 0 Å². The number of rotatable bonds is 4. The van der Waals surface area contributed by atoms with Crippen molar-refractivity contribution in [2.75, 3.05) is 0 Å². The highest BCUT2D eigenvalue weighted by molar-refractivity contribution is 9.18. The van der Waals surface area contributed by atoms with Crippen molar-refractivity contribution in [3.8, 4) is 0 Å². The number of halogens is 1. The van der Waals surface area contributed by atoms with Crippen molar-refractivity contribution in [3.05, 3.63) is 39.9 Å². The van der Waals surface area contributed by atoms with Gasteiger partial charge in [0.2, 0.25) is 0 Å². The Morgan fingerprint density at radius 3 is 2.64 bits per heavy atom. The van der Waals surface area contributed by atoms with Crippen LogP contribution in [0.5, 0.6) is 0 Å². The van der Waals surface area contributed by atoms with Crippen LogP contribution in [0.1, 0.15) is 12.0 Å². The number of aryl methyl sites for hydroxylation is 1. The maximum absolute atomic E-state index is 10.6. The highest BCUT2D eigenvalue weighted by Crippen LogP contribution is 2.19. The van der Waals surface area contributed by atoms with Gasteiger partial charge in [0.25, 0.3) is 5.69 Å². The van der Waals surface area contributed by atoms with Crippen molar-refractivity contribution < 1.29 is 9.72 Å². The molecular formula is C9H8BrNO3. The lowest BCUT2D eigenvalue weighted by Gasteiger charge is -1.99. The largest absolute Gasteiger partial charge is 0.287 e. The maximum Gasteiger partial charge on any atom is 0.272 e. The molecular weight excluding hydrogens is 250 g/mol. The molecule has 0 spiro atoms. The van der Waals surface area contributed by atoms with Gasteiger partial charge in [-0.3, -0.25) is 14.9 Å². The third kappa shape index (κ3) is 2.92. The summed E-state index contributed by atoms with van der Waals surface area (Å²) in [5.74, 6) is 0. The molecule has 0 fully saturated rings. The molecule has 74 valence electrons. The number of benzene rings is 1. The Hall–Kier alpha value is -1.23. The molecule has 0 aliphatic carbocycles. The van der Waals surface area contributed by atoms with E-state index >= 15 is 0 Å². The summed E-state index contributed by atoms with van der Waals surface area (Å²) in [5, 5.41) is 10.6. The van der Waals surface area contributed by atoms with Crippen LogP contribution in [-0.4, -0.2) is 9.62 Å². The van der Waals surface area contributed by atoms with Crippen LogP contribution < -0.4 is 0 Å². The summed E-state index contributed by atoms with van der Waals surface area (Å²) in [4.78, 5) is 20.8. The molecule has 0 aromatic heterocycles. The lowest BCUT2D eigenvalue weighted by molar-refractivity contribution is -0.385. The molecule has 0 unspecified atom stereocenters. The van der Waals surface area contributed by atoms with Gasteiger partial charge in [0.15, 0.2) is 4.69 Å². The smallest absolute Gasteiger partial charge is 0.272 e. The van der Waals surface area contributed by atoms with Crippen LogP contribution >= 0.6 is 15.9 Å². The first-order chi connectivity index (χ1) is 6.61.